The molecule has 4 heteroatoms. The maximum absolute atomic E-state index is 11.8. The molecular weight excluding hydrogens is 246 g/mol. The average molecular weight is 267 g/mol. The van der Waals surface area contributed by atoms with E-state index in [1.165, 1.54) is 0 Å². The van der Waals surface area contributed by atoms with Gasteiger partial charge in [0, 0.05) is 19.8 Å². The summed E-state index contributed by atoms with van der Waals surface area (Å²) in [5, 5.41) is 2.57. The highest BCUT2D eigenvalue weighted by Gasteiger charge is 2.13. The summed E-state index contributed by atoms with van der Waals surface area (Å²) in [6.07, 6.45) is 1.49. The summed E-state index contributed by atoms with van der Waals surface area (Å²) in [5.41, 5.74) is 1.13. The van der Waals surface area contributed by atoms with Gasteiger partial charge in [-0.25, -0.2) is 0 Å². The van der Waals surface area contributed by atoms with Gasteiger partial charge in [-0.05, 0) is 25.3 Å². The van der Waals surface area contributed by atoms with Gasteiger partial charge in [0.2, 0.25) is 5.91 Å². The molecule has 0 radical (unpaired) electrons. The van der Waals surface area contributed by atoms with E-state index < -0.39 is 0 Å². The van der Waals surface area contributed by atoms with Crippen molar-refractivity contribution in [3.05, 3.63) is 35.9 Å². The van der Waals surface area contributed by atoms with Crippen molar-refractivity contribution in [2.75, 3.05) is 19.8 Å². The number of rotatable bonds is 8. The van der Waals surface area contributed by atoms with E-state index in [4.69, 9.17) is 4.74 Å². The van der Waals surface area contributed by atoms with E-state index >= 15 is 0 Å². The summed E-state index contributed by atoms with van der Waals surface area (Å²) >= 11 is 4.34. The predicted octanol–water partition coefficient (Wildman–Crippen LogP) is 2.07. The van der Waals surface area contributed by atoms with Crippen LogP contribution in [0.25, 0.3) is 0 Å². The van der Waals surface area contributed by atoms with Gasteiger partial charge in [-0.2, -0.15) is 12.6 Å². The lowest BCUT2D eigenvalue weighted by atomic mass is 10.1. The van der Waals surface area contributed by atoms with Crippen LogP contribution in [-0.4, -0.2) is 30.9 Å². The quantitative estimate of drug-likeness (QED) is 0.559. The van der Waals surface area contributed by atoms with Crippen molar-refractivity contribution in [3.63, 3.8) is 0 Å². The molecule has 0 fully saturated rings. The number of carbonyl (C=O) groups is 1. The molecule has 0 spiro atoms. The number of benzene rings is 1. The van der Waals surface area contributed by atoms with Gasteiger partial charge in [-0.1, -0.05) is 30.3 Å². The summed E-state index contributed by atoms with van der Waals surface area (Å²) in [6.45, 7) is 4.01. The first-order chi connectivity index (χ1) is 8.74. The van der Waals surface area contributed by atoms with Gasteiger partial charge in [-0.15, -0.1) is 0 Å². The van der Waals surface area contributed by atoms with E-state index in [-0.39, 0.29) is 11.2 Å². The van der Waals surface area contributed by atoms with E-state index in [9.17, 15) is 4.79 Å². The Kier molecular flexibility index (Phi) is 7.53. The Morgan fingerprint density at radius 1 is 1.39 bits per heavy atom. The molecule has 1 amide bonds. The largest absolute Gasteiger partial charge is 0.382 e. The second-order valence-electron chi connectivity index (χ2n) is 4.05. The molecule has 18 heavy (non-hydrogen) atoms. The van der Waals surface area contributed by atoms with Crippen LogP contribution >= 0.6 is 12.6 Å². The Morgan fingerprint density at radius 3 is 2.78 bits per heavy atom. The second-order valence-corrected chi connectivity index (χ2v) is 4.67. The third kappa shape index (κ3) is 6.07. The van der Waals surface area contributed by atoms with Gasteiger partial charge in [0.1, 0.15) is 0 Å². The molecule has 1 aromatic carbocycles. The molecule has 1 aromatic rings. The Morgan fingerprint density at radius 2 is 2.11 bits per heavy atom. The highest BCUT2D eigenvalue weighted by molar-refractivity contribution is 7.81. The van der Waals surface area contributed by atoms with Crippen LogP contribution in [0.5, 0.6) is 0 Å². The number of hydrogen-bond acceptors (Lipinski definition) is 3. The van der Waals surface area contributed by atoms with Crippen molar-refractivity contribution in [1.29, 1.82) is 0 Å². The Labute approximate surface area is 114 Å². The van der Waals surface area contributed by atoms with Gasteiger partial charge in [-0.3, -0.25) is 4.79 Å². The maximum atomic E-state index is 11.8. The van der Waals surface area contributed by atoms with E-state index in [1.807, 2.05) is 37.3 Å². The van der Waals surface area contributed by atoms with Crippen LogP contribution < -0.4 is 5.32 Å². The number of ether oxygens (including phenoxy) is 1. The van der Waals surface area contributed by atoms with Crippen LogP contribution in [-0.2, 0) is 16.0 Å². The van der Waals surface area contributed by atoms with E-state index in [2.05, 4.69) is 17.9 Å². The second kappa shape index (κ2) is 9.00. The highest BCUT2D eigenvalue weighted by Crippen LogP contribution is 2.07. The molecule has 0 saturated carbocycles. The molecule has 1 atom stereocenters. The monoisotopic (exact) mass is 267 g/mol. The molecule has 0 aliphatic carbocycles. The molecule has 100 valence electrons. The number of carbonyl (C=O) groups excluding carboxylic acids is 1. The van der Waals surface area contributed by atoms with Crippen LogP contribution in [0.4, 0.5) is 0 Å². The smallest absolute Gasteiger partial charge is 0.233 e. The minimum atomic E-state index is -0.292. The van der Waals surface area contributed by atoms with Gasteiger partial charge in [0.15, 0.2) is 0 Å². The lowest BCUT2D eigenvalue weighted by Crippen LogP contribution is -2.33. The first-order valence-electron chi connectivity index (χ1n) is 6.31. The fraction of sp³-hybridized carbons (Fsp3) is 0.500. The van der Waals surface area contributed by atoms with Crippen LogP contribution in [0, 0.1) is 0 Å². The molecule has 0 heterocycles. The van der Waals surface area contributed by atoms with E-state index in [1.54, 1.807) is 0 Å². The van der Waals surface area contributed by atoms with E-state index in [0.29, 0.717) is 19.6 Å². The molecule has 0 aliphatic rings. The van der Waals surface area contributed by atoms with Crippen molar-refractivity contribution >= 4 is 18.5 Å². The van der Waals surface area contributed by atoms with Crippen LogP contribution in [0.3, 0.4) is 0 Å². The SMILES string of the molecule is CCOCCCNC(=O)C(S)Cc1ccccc1. The first-order valence-corrected chi connectivity index (χ1v) is 6.83. The molecule has 0 aliphatic heterocycles. The minimum absolute atomic E-state index is 0.0151. The fourth-order valence-electron chi connectivity index (χ4n) is 1.58. The molecule has 3 nitrogen and oxygen atoms in total. The average Bonchev–Trinajstić information content (AvgIpc) is 2.39. The lowest BCUT2D eigenvalue weighted by molar-refractivity contribution is -0.120. The van der Waals surface area contributed by atoms with Crippen molar-refractivity contribution in [2.45, 2.75) is 25.0 Å². The summed E-state index contributed by atoms with van der Waals surface area (Å²) in [7, 11) is 0. The van der Waals surface area contributed by atoms with Gasteiger partial charge in [0.05, 0.1) is 5.25 Å². The first kappa shape index (κ1) is 15.1. The maximum Gasteiger partial charge on any atom is 0.233 e. The summed E-state index contributed by atoms with van der Waals surface area (Å²) in [4.78, 5) is 11.8. The fourth-order valence-corrected chi connectivity index (χ4v) is 1.88. The van der Waals surface area contributed by atoms with Crippen molar-refractivity contribution in [3.8, 4) is 0 Å². The molecule has 0 bridgehead atoms. The molecule has 1 rings (SSSR count). The van der Waals surface area contributed by atoms with Crippen LogP contribution in [0.15, 0.2) is 30.3 Å². The van der Waals surface area contributed by atoms with Gasteiger partial charge >= 0.3 is 0 Å². The van der Waals surface area contributed by atoms with Gasteiger partial charge < -0.3 is 10.1 Å². The Balaban J connectivity index is 2.21. The van der Waals surface area contributed by atoms with Crippen molar-refractivity contribution in [2.24, 2.45) is 0 Å². The zero-order chi connectivity index (χ0) is 13.2. The normalized spacial score (nSPS) is 12.1. The molecule has 1 unspecified atom stereocenters. The lowest BCUT2D eigenvalue weighted by Gasteiger charge is -2.11. The number of amides is 1. The van der Waals surface area contributed by atoms with Crippen molar-refractivity contribution in [1.82, 2.24) is 5.32 Å². The molecule has 0 aromatic heterocycles. The van der Waals surface area contributed by atoms with Crippen molar-refractivity contribution < 1.29 is 9.53 Å². The topological polar surface area (TPSA) is 38.3 Å². The summed E-state index contributed by atoms with van der Waals surface area (Å²) in [6, 6.07) is 9.91. The van der Waals surface area contributed by atoms with E-state index in [0.717, 1.165) is 18.6 Å². The summed E-state index contributed by atoms with van der Waals surface area (Å²) in [5.74, 6) is -0.0151. The Bertz CT molecular complexity index is 343. The number of hydrogen-bond donors (Lipinski definition) is 2. The molecular formula is C14H21NO2S. The van der Waals surface area contributed by atoms with Crippen LogP contribution in [0.2, 0.25) is 0 Å². The third-order valence-electron chi connectivity index (χ3n) is 2.54. The van der Waals surface area contributed by atoms with Gasteiger partial charge in [0.25, 0.3) is 0 Å². The molecule has 0 saturated heterocycles. The molecule has 1 N–H and O–H groups in total. The highest BCUT2D eigenvalue weighted by atomic mass is 32.1. The number of thiol groups is 1. The zero-order valence-electron chi connectivity index (χ0n) is 10.8. The standard InChI is InChI=1S/C14H21NO2S/c1-2-17-10-6-9-15-14(16)13(18)11-12-7-4-3-5-8-12/h3-5,7-8,13,18H,2,6,9-11H2,1H3,(H,15,16). The number of nitrogens with one attached hydrogen (secondary N) is 1. The third-order valence-corrected chi connectivity index (χ3v) is 2.96. The Hall–Kier alpha value is -1.00. The zero-order valence-corrected chi connectivity index (χ0v) is 11.7. The summed E-state index contributed by atoms with van der Waals surface area (Å²) < 4.78 is 5.20. The minimum Gasteiger partial charge on any atom is -0.382 e. The predicted molar refractivity (Wildman–Crippen MR) is 77.0 cm³/mol. The van der Waals surface area contributed by atoms with Crippen LogP contribution in [0.1, 0.15) is 18.9 Å².